The van der Waals surface area contributed by atoms with Crippen molar-refractivity contribution in [3.05, 3.63) is 41.4 Å². The lowest BCUT2D eigenvalue weighted by atomic mass is 10.2. The topological polar surface area (TPSA) is 113 Å². The highest BCUT2D eigenvalue weighted by Crippen LogP contribution is 2.02. The molecule has 7 nitrogen and oxygen atoms in total. The van der Waals surface area contributed by atoms with Crippen LogP contribution in [-0.4, -0.2) is 23.3 Å². The number of aromatic nitrogens is 1. The summed E-state index contributed by atoms with van der Waals surface area (Å²) in [5.41, 5.74) is 9.59. The standard InChI is InChI=1S/C11H13N5O2/c12-10(13)9-2-1-7(3-14-9)4-15-11(17)8-5-16-18-6-8/h1-3,5,16H,4,6H2,(H3,12,13)(H,15,17). The molecule has 1 aromatic heterocycles. The predicted molar refractivity (Wildman–Crippen MR) is 64.3 cm³/mol. The van der Waals surface area contributed by atoms with Crippen LogP contribution in [0.15, 0.2) is 30.1 Å². The third kappa shape index (κ3) is 2.83. The van der Waals surface area contributed by atoms with Crippen LogP contribution in [0, 0.1) is 5.41 Å². The molecule has 1 aromatic rings. The van der Waals surface area contributed by atoms with Gasteiger partial charge in [-0.2, -0.15) is 0 Å². The number of carbonyl (C=O) groups is 1. The number of nitrogen functional groups attached to an aromatic ring is 1. The number of hydrogen-bond donors (Lipinski definition) is 4. The van der Waals surface area contributed by atoms with Gasteiger partial charge in [0.2, 0.25) is 0 Å². The van der Waals surface area contributed by atoms with Gasteiger partial charge in [0.25, 0.3) is 5.91 Å². The van der Waals surface area contributed by atoms with E-state index in [4.69, 9.17) is 16.0 Å². The van der Waals surface area contributed by atoms with Crippen molar-refractivity contribution in [3.8, 4) is 0 Å². The lowest BCUT2D eigenvalue weighted by molar-refractivity contribution is -0.118. The Labute approximate surface area is 103 Å². The maximum absolute atomic E-state index is 11.6. The monoisotopic (exact) mass is 247 g/mol. The fourth-order valence-corrected chi connectivity index (χ4v) is 1.39. The Morgan fingerprint density at radius 3 is 3.00 bits per heavy atom. The van der Waals surface area contributed by atoms with E-state index < -0.39 is 0 Å². The van der Waals surface area contributed by atoms with Crippen molar-refractivity contribution in [1.29, 1.82) is 5.41 Å². The first-order valence-electron chi connectivity index (χ1n) is 5.30. The molecule has 2 rings (SSSR count). The average molecular weight is 247 g/mol. The van der Waals surface area contributed by atoms with Gasteiger partial charge in [-0.05, 0) is 11.6 Å². The minimum atomic E-state index is -0.185. The molecule has 94 valence electrons. The van der Waals surface area contributed by atoms with Crippen LogP contribution in [-0.2, 0) is 16.2 Å². The SMILES string of the molecule is N=C(N)c1ccc(CNC(=O)C2=CNOC2)cn1. The van der Waals surface area contributed by atoms with Gasteiger partial charge in [0.15, 0.2) is 0 Å². The number of nitrogens with one attached hydrogen (secondary N) is 3. The molecule has 0 saturated heterocycles. The molecule has 0 aliphatic carbocycles. The van der Waals surface area contributed by atoms with Gasteiger partial charge in [-0.3, -0.25) is 25.5 Å². The van der Waals surface area contributed by atoms with Crippen molar-refractivity contribution in [2.45, 2.75) is 6.54 Å². The van der Waals surface area contributed by atoms with Gasteiger partial charge in [-0.1, -0.05) is 6.07 Å². The Kier molecular flexibility index (Phi) is 3.54. The molecule has 0 radical (unpaired) electrons. The molecule has 0 spiro atoms. The van der Waals surface area contributed by atoms with Gasteiger partial charge in [-0.15, -0.1) is 0 Å². The van der Waals surface area contributed by atoms with E-state index in [1.54, 1.807) is 18.3 Å². The Morgan fingerprint density at radius 1 is 1.61 bits per heavy atom. The fraction of sp³-hybridized carbons (Fsp3) is 0.182. The average Bonchev–Trinajstić information content (AvgIpc) is 2.90. The van der Waals surface area contributed by atoms with Crippen molar-refractivity contribution in [1.82, 2.24) is 15.8 Å². The van der Waals surface area contributed by atoms with Gasteiger partial charge < -0.3 is 11.1 Å². The molecule has 1 amide bonds. The molecule has 1 aliphatic heterocycles. The summed E-state index contributed by atoms with van der Waals surface area (Å²) in [5, 5.41) is 9.94. The van der Waals surface area contributed by atoms with E-state index in [0.717, 1.165) is 5.56 Å². The summed E-state index contributed by atoms with van der Waals surface area (Å²) in [7, 11) is 0. The second kappa shape index (κ2) is 5.28. The Balaban J connectivity index is 1.90. The van der Waals surface area contributed by atoms with E-state index in [1.807, 2.05) is 0 Å². The van der Waals surface area contributed by atoms with Gasteiger partial charge >= 0.3 is 0 Å². The lowest BCUT2D eigenvalue weighted by Gasteiger charge is -2.05. The number of rotatable bonds is 4. The largest absolute Gasteiger partial charge is 0.382 e. The third-order valence-corrected chi connectivity index (χ3v) is 2.39. The smallest absolute Gasteiger partial charge is 0.251 e. The summed E-state index contributed by atoms with van der Waals surface area (Å²) in [4.78, 5) is 20.4. The number of nitrogens with zero attached hydrogens (tertiary/aromatic N) is 1. The van der Waals surface area contributed by atoms with Gasteiger partial charge in [0, 0.05) is 18.9 Å². The molecule has 2 heterocycles. The van der Waals surface area contributed by atoms with E-state index in [0.29, 0.717) is 17.8 Å². The number of nitrogens with two attached hydrogens (primary N) is 1. The van der Waals surface area contributed by atoms with E-state index in [2.05, 4.69) is 15.8 Å². The molecule has 0 unspecified atom stereocenters. The maximum atomic E-state index is 11.6. The summed E-state index contributed by atoms with van der Waals surface area (Å²) < 4.78 is 0. The highest BCUT2D eigenvalue weighted by atomic mass is 16.6. The normalized spacial score (nSPS) is 13.7. The van der Waals surface area contributed by atoms with Gasteiger partial charge in [-0.25, -0.2) is 0 Å². The second-order valence-electron chi connectivity index (χ2n) is 3.72. The van der Waals surface area contributed by atoms with E-state index >= 15 is 0 Å². The fourth-order valence-electron chi connectivity index (χ4n) is 1.39. The van der Waals surface area contributed by atoms with Crippen molar-refractivity contribution in [2.75, 3.05) is 6.61 Å². The van der Waals surface area contributed by atoms with E-state index in [1.165, 1.54) is 6.20 Å². The van der Waals surface area contributed by atoms with Crippen LogP contribution in [0.4, 0.5) is 0 Å². The zero-order valence-electron chi connectivity index (χ0n) is 9.56. The van der Waals surface area contributed by atoms with Crippen molar-refractivity contribution in [2.24, 2.45) is 5.73 Å². The highest BCUT2D eigenvalue weighted by Gasteiger charge is 2.13. The molecule has 0 atom stereocenters. The quantitative estimate of drug-likeness (QED) is 0.419. The Morgan fingerprint density at radius 2 is 2.44 bits per heavy atom. The number of hydroxylamine groups is 1. The second-order valence-corrected chi connectivity index (χ2v) is 3.72. The molecular weight excluding hydrogens is 234 g/mol. The zero-order valence-corrected chi connectivity index (χ0v) is 9.56. The summed E-state index contributed by atoms with van der Waals surface area (Å²) in [6, 6.07) is 3.41. The minimum absolute atomic E-state index is 0.0788. The number of carbonyl (C=O) groups excluding carboxylic acids is 1. The Hall–Kier alpha value is -2.41. The number of pyridine rings is 1. The molecule has 18 heavy (non-hydrogen) atoms. The van der Waals surface area contributed by atoms with Crippen molar-refractivity contribution >= 4 is 11.7 Å². The van der Waals surface area contributed by atoms with Crippen LogP contribution >= 0.6 is 0 Å². The molecule has 5 N–H and O–H groups in total. The number of amidine groups is 1. The number of amides is 1. The first kappa shape index (κ1) is 12.1. The molecule has 0 bridgehead atoms. The molecule has 0 fully saturated rings. The van der Waals surface area contributed by atoms with Crippen LogP contribution < -0.4 is 16.5 Å². The van der Waals surface area contributed by atoms with Crippen LogP contribution in [0.1, 0.15) is 11.3 Å². The van der Waals surface area contributed by atoms with Gasteiger partial charge in [0.05, 0.1) is 5.57 Å². The maximum Gasteiger partial charge on any atom is 0.251 e. The molecule has 7 heteroatoms. The number of hydrogen-bond acceptors (Lipinski definition) is 5. The zero-order chi connectivity index (χ0) is 13.0. The molecule has 0 saturated carbocycles. The summed E-state index contributed by atoms with van der Waals surface area (Å²) >= 11 is 0. The van der Waals surface area contributed by atoms with Crippen LogP contribution in [0.2, 0.25) is 0 Å². The van der Waals surface area contributed by atoms with Crippen molar-refractivity contribution < 1.29 is 9.63 Å². The minimum Gasteiger partial charge on any atom is -0.382 e. The summed E-state index contributed by atoms with van der Waals surface area (Å²) in [5.74, 6) is -0.263. The van der Waals surface area contributed by atoms with Gasteiger partial charge in [0.1, 0.15) is 18.1 Å². The first-order valence-corrected chi connectivity index (χ1v) is 5.30. The van der Waals surface area contributed by atoms with E-state index in [-0.39, 0.29) is 18.3 Å². The highest BCUT2D eigenvalue weighted by molar-refractivity contribution is 5.94. The molecule has 0 aromatic carbocycles. The summed E-state index contributed by atoms with van der Waals surface area (Å²) in [6.07, 6.45) is 3.10. The Bertz CT molecular complexity index is 495. The third-order valence-electron chi connectivity index (χ3n) is 2.39. The predicted octanol–water partition coefficient (Wildman–Crippen LogP) is -0.599. The van der Waals surface area contributed by atoms with Crippen molar-refractivity contribution in [3.63, 3.8) is 0 Å². The molecule has 1 aliphatic rings. The lowest BCUT2D eigenvalue weighted by Crippen LogP contribution is -2.25. The van der Waals surface area contributed by atoms with Crippen LogP contribution in [0.25, 0.3) is 0 Å². The first-order chi connectivity index (χ1) is 8.66. The van der Waals surface area contributed by atoms with E-state index in [9.17, 15) is 4.79 Å². The molecular formula is C11H13N5O2. The van der Waals surface area contributed by atoms with Crippen LogP contribution in [0.3, 0.4) is 0 Å². The summed E-state index contributed by atoms with van der Waals surface area (Å²) in [6.45, 7) is 0.620. The van der Waals surface area contributed by atoms with Crippen LogP contribution in [0.5, 0.6) is 0 Å².